The summed E-state index contributed by atoms with van der Waals surface area (Å²) in [6.07, 6.45) is 0. The average molecular weight is 265 g/mol. The highest BCUT2D eigenvalue weighted by Crippen LogP contribution is 2.24. The second-order valence-electron chi connectivity index (χ2n) is 4.10. The Kier molecular flexibility index (Phi) is 3.97. The minimum atomic E-state index is -0.441. The lowest BCUT2D eigenvalue weighted by molar-refractivity contribution is 0.627. The Hall–Kier alpha value is -1.42. The highest BCUT2D eigenvalue weighted by Gasteiger charge is 2.11. The minimum Gasteiger partial charge on any atom is -0.326 e. The van der Waals surface area contributed by atoms with Gasteiger partial charge in [0.1, 0.15) is 5.82 Å². The maximum absolute atomic E-state index is 13.1. The lowest BCUT2D eigenvalue weighted by Gasteiger charge is -2.14. The molecular formula is C14H14ClFN2. The third-order valence-corrected chi connectivity index (χ3v) is 3.14. The molecule has 2 aromatic carbocycles. The van der Waals surface area contributed by atoms with E-state index in [1.807, 2.05) is 24.3 Å². The molecule has 0 heterocycles. The van der Waals surface area contributed by atoms with E-state index in [1.54, 1.807) is 12.1 Å². The molecule has 2 rings (SSSR count). The maximum Gasteiger partial charge on any atom is 0.141 e. The van der Waals surface area contributed by atoms with Crippen LogP contribution in [-0.2, 0) is 6.54 Å². The first kappa shape index (κ1) is 13.0. The van der Waals surface area contributed by atoms with Gasteiger partial charge in [-0.05, 0) is 28.8 Å². The molecule has 94 valence electrons. The fraction of sp³-hybridized carbons (Fsp3) is 0.143. The van der Waals surface area contributed by atoms with Gasteiger partial charge in [0.25, 0.3) is 0 Å². The van der Waals surface area contributed by atoms with Gasteiger partial charge in [-0.2, -0.15) is 0 Å². The summed E-state index contributed by atoms with van der Waals surface area (Å²) >= 11 is 5.75. The van der Waals surface area contributed by atoms with Crippen molar-refractivity contribution >= 4 is 11.6 Å². The van der Waals surface area contributed by atoms with E-state index in [9.17, 15) is 4.39 Å². The topological polar surface area (TPSA) is 52.0 Å². The summed E-state index contributed by atoms with van der Waals surface area (Å²) in [7, 11) is 0. The lowest BCUT2D eigenvalue weighted by atomic mass is 9.98. The second kappa shape index (κ2) is 5.48. The van der Waals surface area contributed by atoms with Gasteiger partial charge in [-0.1, -0.05) is 41.9 Å². The number of halogens is 2. The molecule has 2 nitrogen and oxygen atoms in total. The zero-order valence-electron chi connectivity index (χ0n) is 9.74. The minimum absolute atomic E-state index is 0.0814. The standard InChI is InChI=1S/C14H14ClFN2/c15-12-7-11(4-5-13(12)16)14(18)10-3-1-2-9(6-10)8-17/h1-7,14H,8,17-18H2. The van der Waals surface area contributed by atoms with Gasteiger partial charge in [0.15, 0.2) is 0 Å². The zero-order valence-corrected chi connectivity index (χ0v) is 10.5. The molecule has 18 heavy (non-hydrogen) atoms. The summed E-state index contributed by atoms with van der Waals surface area (Å²) in [5.41, 5.74) is 14.4. The van der Waals surface area contributed by atoms with E-state index < -0.39 is 5.82 Å². The molecule has 0 aliphatic carbocycles. The predicted octanol–water partition coefficient (Wildman–Crippen LogP) is 2.99. The van der Waals surface area contributed by atoms with E-state index in [0.29, 0.717) is 6.54 Å². The number of benzene rings is 2. The first-order valence-electron chi connectivity index (χ1n) is 5.61. The van der Waals surface area contributed by atoms with Crippen LogP contribution in [0.3, 0.4) is 0 Å². The van der Waals surface area contributed by atoms with Crippen molar-refractivity contribution in [3.8, 4) is 0 Å². The molecule has 0 saturated carbocycles. The van der Waals surface area contributed by atoms with Gasteiger partial charge in [-0.15, -0.1) is 0 Å². The van der Waals surface area contributed by atoms with Crippen LogP contribution in [0, 0.1) is 5.82 Å². The van der Waals surface area contributed by atoms with Crippen molar-refractivity contribution < 1.29 is 4.39 Å². The first-order chi connectivity index (χ1) is 8.61. The van der Waals surface area contributed by atoms with Crippen molar-refractivity contribution in [3.63, 3.8) is 0 Å². The van der Waals surface area contributed by atoms with Crippen molar-refractivity contribution in [2.45, 2.75) is 12.6 Å². The molecular weight excluding hydrogens is 251 g/mol. The molecule has 0 bridgehead atoms. The van der Waals surface area contributed by atoms with Crippen molar-refractivity contribution in [1.29, 1.82) is 0 Å². The van der Waals surface area contributed by atoms with E-state index in [1.165, 1.54) is 6.07 Å². The van der Waals surface area contributed by atoms with E-state index >= 15 is 0 Å². The van der Waals surface area contributed by atoms with Crippen molar-refractivity contribution in [1.82, 2.24) is 0 Å². The fourth-order valence-corrected chi connectivity index (χ4v) is 2.00. The lowest BCUT2D eigenvalue weighted by Crippen LogP contribution is -2.12. The van der Waals surface area contributed by atoms with Crippen molar-refractivity contribution in [3.05, 3.63) is 70.0 Å². The molecule has 1 atom stereocenters. The number of hydrogen-bond acceptors (Lipinski definition) is 2. The normalized spacial score (nSPS) is 12.4. The van der Waals surface area contributed by atoms with Crippen LogP contribution < -0.4 is 11.5 Å². The Bertz CT molecular complexity index is 557. The van der Waals surface area contributed by atoms with E-state index in [2.05, 4.69) is 0 Å². The largest absolute Gasteiger partial charge is 0.326 e. The van der Waals surface area contributed by atoms with Crippen LogP contribution in [0.15, 0.2) is 42.5 Å². The monoisotopic (exact) mass is 264 g/mol. The second-order valence-corrected chi connectivity index (χ2v) is 4.51. The van der Waals surface area contributed by atoms with Crippen LogP contribution in [0.2, 0.25) is 5.02 Å². The summed E-state index contributed by atoms with van der Waals surface area (Å²) in [6, 6.07) is 11.9. The molecule has 0 fully saturated rings. The van der Waals surface area contributed by atoms with Gasteiger partial charge in [0.2, 0.25) is 0 Å². The molecule has 0 amide bonds. The summed E-state index contributed by atoms with van der Waals surface area (Å²) in [5, 5.41) is 0.0814. The van der Waals surface area contributed by atoms with Crippen molar-refractivity contribution in [2.75, 3.05) is 0 Å². The van der Waals surface area contributed by atoms with Crippen LogP contribution >= 0.6 is 11.6 Å². The third kappa shape index (κ3) is 2.70. The van der Waals surface area contributed by atoms with Crippen LogP contribution in [0.25, 0.3) is 0 Å². The highest BCUT2D eigenvalue weighted by molar-refractivity contribution is 6.30. The molecule has 0 aliphatic heterocycles. The molecule has 1 unspecified atom stereocenters. The molecule has 0 spiro atoms. The molecule has 4 heteroatoms. The first-order valence-corrected chi connectivity index (χ1v) is 5.99. The maximum atomic E-state index is 13.1. The van der Waals surface area contributed by atoms with Gasteiger partial charge in [-0.3, -0.25) is 0 Å². The zero-order chi connectivity index (χ0) is 13.1. The summed E-state index contributed by atoms with van der Waals surface area (Å²) in [6.45, 7) is 0.463. The fourth-order valence-electron chi connectivity index (χ4n) is 1.81. The van der Waals surface area contributed by atoms with Gasteiger partial charge < -0.3 is 11.5 Å². The molecule has 0 saturated heterocycles. The molecule has 0 radical (unpaired) electrons. The van der Waals surface area contributed by atoms with Crippen LogP contribution in [-0.4, -0.2) is 0 Å². The van der Waals surface area contributed by atoms with Gasteiger partial charge >= 0.3 is 0 Å². The Morgan fingerprint density at radius 3 is 2.50 bits per heavy atom. The van der Waals surface area contributed by atoms with Gasteiger partial charge in [0.05, 0.1) is 11.1 Å². The Morgan fingerprint density at radius 2 is 1.83 bits per heavy atom. The van der Waals surface area contributed by atoms with Gasteiger partial charge in [0, 0.05) is 6.54 Å². The quantitative estimate of drug-likeness (QED) is 0.895. The van der Waals surface area contributed by atoms with E-state index in [-0.39, 0.29) is 11.1 Å². The summed E-state index contributed by atoms with van der Waals surface area (Å²) in [4.78, 5) is 0. The third-order valence-electron chi connectivity index (χ3n) is 2.85. The van der Waals surface area contributed by atoms with Crippen LogP contribution in [0.4, 0.5) is 4.39 Å². The van der Waals surface area contributed by atoms with Gasteiger partial charge in [-0.25, -0.2) is 4.39 Å². The highest BCUT2D eigenvalue weighted by atomic mass is 35.5. The van der Waals surface area contributed by atoms with E-state index in [4.69, 9.17) is 23.1 Å². The van der Waals surface area contributed by atoms with Crippen LogP contribution in [0.5, 0.6) is 0 Å². The Morgan fingerprint density at radius 1 is 1.11 bits per heavy atom. The average Bonchev–Trinajstić information content (AvgIpc) is 2.41. The predicted molar refractivity (Wildman–Crippen MR) is 71.8 cm³/mol. The molecule has 0 aliphatic rings. The summed E-state index contributed by atoms with van der Waals surface area (Å²) in [5.74, 6) is -0.441. The van der Waals surface area contributed by atoms with Crippen molar-refractivity contribution in [2.24, 2.45) is 11.5 Å². The number of hydrogen-bond donors (Lipinski definition) is 2. The van der Waals surface area contributed by atoms with E-state index in [0.717, 1.165) is 16.7 Å². The number of nitrogens with two attached hydrogens (primary N) is 2. The smallest absolute Gasteiger partial charge is 0.141 e. The Balaban J connectivity index is 2.34. The molecule has 0 aromatic heterocycles. The Labute approximate surface area is 110 Å². The summed E-state index contributed by atoms with van der Waals surface area (Å²) < 4.78 is 13.1. The molecule has 4 N–H and O–H groups in total. The van der Waals surface area contributed by atoms with Crippen LogP contribution in [0.1, 0.15) is 22.7 Å². The number of rotatable bonds is 3. The molecule has 2 aromatic rings. The SMILES string of the molecule is NCc1cccc(C(N)c2ccc(F)c(Cl)c2)c1.